The molecule has 2 bridgehead atoms. The van der Waals surface area contributed by atoms with Gasteiger partial charge >= 0.3 is 5.97 Å². The number of halogens is 1. The van der Waals surface area contributed by atoms with Crippen molar-refractivity contribution in [1.82, 2.24) is 5.32 Å². The van der Waals surface area contributed by atoms with Gasteiger partial charge in [-0.3, -0.25) is 0 Å². The Bertz CT molecular complexity index is 227. The van der Waals surface area contributed by atoms with Crippen molar-refractivity contribution in [2.24, 2.45) is 0 Å². The summed E-state index contributed by atoms with van der Waals surface area (Å²) in [7, 11) is 0. The number of hydrogen-bond acceptors (Lipinski definition) is 2. The van der Waals surface area contributed by atoms with Crippen molar-refractivity contribution in [2.75, 3.05) is 0 Å². The number of fused-ring (bicyclic) bond motifs is 2. The molecule has 0 aromatic carbocycles. The summed E-state index contributed by atoms with van der Waals surface area (Å²) in [6, 6.07) is 0.675. The van der Waals surface area contributed by atoms with Crippen LogP contribution in [0.2, 0.25) is 0 Å². The monoisotopic (exact) mass is 189 g/mol. The van der Waals surface area contributed by atoms with Crippen LogP contribution < -0.4 is 5.32 Å². The molecule has 0 aromatic heterocycles. The highest BCUT2D eigenvalue weighted by Crippen LogP contribution is 2.26. The lowest BCUT2D eigenvalue weighted by molar-refractivity contribution is -0.133. The number of carboxylic acid groups (broad SMARTS) is 1. The minimum atomic E-state index is -0.761. The van der Waals surface area contributed by atoms with Crippen molar-refractivity contribution in [3.8, 4) is 0 Å². The smallest absolute Gasteiger partial charge is 0.332 e. The average Bonchev–Trinajstić information content (AvgIpc) is 2.32. The van der Waals surface area contributed by atoms with Gasteiger partial charge in [-0.1, -0.05) is 6.08 Å². The van der Waals surface area contributed by atoms with Gasteiger partial charge in [-0.25, -0.2) is 4.79 Å². The number of hydrogen-bond donors (Lipinski definition) is 2. The summed E-state index contributed by atoms with van der Waals surface area (Å²) >= 11 is 0. The molecule has 4 heteroatoms. The third kappa shape index (κ3) is 1.47. The molecule has 0 unspecified atom stereocenters. The van der Waals surface area contributed by atoms with Gasteiger partial charge in [0.25, 0.3) is 0 Å². The molecular formula is C8H12ClNO2. The first kappa shape index (κ1) is 9.55. The molecule has 2 aliphatic rings. The van der Waals surface area contributed by atoms with Crippen molar-refractivity contribution < 1.29 is 9.90 Å². The molecule has 2 N–H and O–H groups in total. The van der Waals surface area contributed by atoms with Gasteiger partial charge in [0.2, 0.25) is 0 Å². The van der Waals surface area contributed by atoms with Gasteiger partial charge in [0.15, 0.2) is 0 Å². The maximum Gasteiger partial charge on any atom is 0.332 e. The van der Waals surface area contributed by atoms with Crippen LogP contribution in [-0.2, 0) is 4.79 Å². The predicted molar refractivity (Wildman–Crippen MR) is 47.5 cm³/mol. The van der Waals surface area contributed by atoms with Crippen LogP contribution in [0.4, 0.5) is 0 Å². The largest absolute Gasteiger partial charge is 0.478 e. The van der Waals surface area contributed by atoms with Crippen LogP contribution in [0.5, 0.6) is 0 Å². The Morgan fingerprint density at radius 2 is 2.33 bits per heavy atom. The van der Waals surface area contributed by atoms with Crippen LogP contribution in [0.15, 0.2) is 11.6 Å². The lowest BCUT2D eigenvalue weighted by Crippen LogP contribution is -2.36. The summed E-state index contributed by atoms with van der Waals surface area (Å²) in [4.78, 5) is 10.6. The molecule has 0 aliphatic carbocycles. The summed E-state index contributed by atoms with van der Waals surface area (Å²) in [6.45, 7) is 0. The molecule has 0 spiro atoms. The van der Waals surface area contributed by atoms with E-state index < -0.39 is 5.97 Å². The average molecular weight is 190 g/mol. The van der Waals surface area contributed by atoms with E-state index in [-0.39, 0.29) is 18.4 Å². The molecule has 2 aliphatic heterocycles. The summed E-state index contributed by atoms with van der Waals surface area (Å²) < 4.78 is 0. The van der Waals surface area contributed by atoms with Crippen molar-refractivity contribution >= 4 is 18.4 Å². The summed E-state index contributed by atoms with van der Waals surface area (Å²) in [5.74, 6) is -0.761. The zero-order valence-electron chi connectivity index (χ0n) is 6.62. The van der Waals surface area contributed by atoms with E-state index in [1.807, 2.05) is 6.08 Å². The van der Waals surface area contributed by atoms with E-state index in [0.29, 0.717) is 11.6 Å². The molecule has 68 valence electrons. The first-order chi connectivity index (χ1) is 5.27. The van der Waals surface area contributed by atoms with E-state index in [1.54, 1.807) is 0 Å². The highest BCUT2D eigenvalue weighted by Gasteiger charge is 2.32. The molecule has 1 saturated heterocycles. The van der Waals surface area contributed by atoms with Crippen LogP contribution >= 0.6 is 12.4 Å². The number of carboxylic acids is 1. The number of carbonyl (C=O) groups is 1. The van der Waals surface area contributed by atoms with Gasteiger partial charge in [-0.2, -0.15) is 0 Å². The molecule has 0 radical (unpaired) electrons. The highest BCUT2D eigenvalue weighted by atomic mass is 35.5. The summed E-state index contributed by atoms with van der Waals surface area (Å²) in [5, 5.41) is 12.0. The molecule has 3 nitrogen and oxygen atoms in total. The summed E-state index contributed by atoms with van der Waals surface area (Å²) in [6.07, 6.45) is 4.86. The molecule has 2 heterocycles. The molecule has 2 atom stereocenters. The Hall–Kier alpha value is -0.540. The fourth-order valence-corrected chi connectivity index (χ4v) is 1.90. The maximum absolute atomic E-state index is 10.6. The van der Waals surface area contributed by atoms with Crippen molar-refractivity contribution in [2.45, 2.75) is 31.3 Å². The Kier molecular flexibility index (Phi) is 2.75. The lowest BCUT2D eigenvalue weighted by atomic mass is 10.0. The van der Waals surface area contributed by atoms with Crippen LogP contribution in [0, 0.1) is 0 Å². The van der Waals surface area contributed by atoms with Crippen molar-refractivity contribution in [3.05, 3.63) is 11.6 Å². The van der Waals surface area contributed by atoms with Crippen LogP contribution in [0.3, 0.4) is 0 Å². The van der Waals surface area contributed by atoms with Gasteiger partial charge in [-0.15, -0.1) is 12.4 Å². The van der Waals surface area contributed by atoms with Gasteiger partial charge in [0, 0.05) is 17.7 Å². The maximum atomic E-state index is 10.6. The lowest BCUT2D eigenvalue weighted by Gasteiger charge is -2.19. The molecule has 0 saturated carbocycles. The van der Waals surface area contributed by atoms with Crippen LogP contribution in [0.25, 0.3) is 0 Å². The SMILES string of the molecule is Cl.O=C(O)C1=CC[C@@H]2CC[C@H]1N2. The van der Waals surface area contributed by atoms with Crippen LogP contribution in [0.1, 0.15) is 19.3 Å². The zero-order chi connectivity index (χ0) is 7.84. The van der Waals surface area contributed by atoms with E-state index in [9.17, 15) is 4.79 Å². The Morgan fingerprint density at radius 3 is 3.00 bits per heavy atom. The standard InChI is InChI=1S/C8H11NO2.ClH/c10-8(11)6-3-1-5-2-4-7(6)9-5;/h3,5,7,9H,1-2,4H2,(H,10,11);1H/t5-,7-;/m1./s1. The molecule has 12 heavy (non-hydrogen) atoms. The second-order valence-corrected chi connectivity index (χ2v) is 3.19. The zero-order valence-corrected chi connectivity index (χ0v) is 7.43. The van der Waals surface area contributed by atoms with Crippen molar-refractivity contribution in [1.29, 1.82) is 0 Å². The molecule has 2 rings (SSSR count). The molecule has 1 fully saturated rings. The van der Waals surface area contributed by atoms with Gasteiger partial charge in [-0.05, 0) is 19.3 Å². The number of aliphatic carboxylic acids is 1. The topological polar surface area (TPSA) is 49.3 Å². The summed E-state index contributed by atoms with van der Waals surface area (Å²) in [5.41, 5.74) is 0.568. The van der Waals surface area contributed by atoms with Crippen LogP contribution in [-0.4, -0.2) is 23.2 Å². The second kappa shape index (κ2) is 3.46. The third-order valence-corrected chi connectivity index (χ3v) is 2.49. The Balaban J connectivity index is 0.000000720. The molecular weight excluding hydrogens is 178 g/mol. The van der Waals surface area contributed by atoms with E-state index >= 15 is 0 Å². The minimum Gasteiger partial charge on any atom is -0.478 e. The van der Waals surface area contributed by atoms with Gasteiger partial charge < -0.3 is 10.4 Å². The minimum absolute atomic E-state index is 0. The normalized spacial score (nSPS) is 32.2. The first-order valence-electron chi connectivity index (χ1n) is 3.97. The predicted octanol–water partition coefficient (Wildman–Crippen LogP) is 0.943. The quantitative estimate of drug-likeness (QED) is 0.646. The Morgan fingerprint density at radius 1 is 1.58 bits per heavy atom. The fraction of sp³-hybridized carbons (Fsp3) is 0.625. The van der Waals surface area contributed by atoms with Gasteiger partial charge in [0.1, 0.15) is 0 Å². The van der Waals surface area contributed by atoms with Gasteiger partial charge in [0.05, 0.1) is 0 Å². The first-order valence-corrected chi connectivity index (χ1v) is 3.97. The number of rotatable bonds is 1. The second-order valence-electron chi connectivity index (χ2n) is 3.19. The Labute approximate surface area is 77.3 Å². The third-order valence-electron chi connectivity index (χ3n) is 2.49. The highest BCUT2D eigenvalue weighted by molar-refractivity contribution is 5.88. The fourth-order valence-electron chi connectivity index (χ4n) is 1.90. The molecule has 0 amide bonds. The van der Waals surface area contributed by atoms with E-state index in [2.05, 4.69) is 5.32 Å². The van der Waals surface area contributed by atoms with E-state index in [0.717, 1.165) is 19.3 Å². The van der Waals surface area contributed by atoms with E-state index in [4.69, 9.17) is 5.11 Å². The van der Waals surface area contributed by atoms with E-state index in [1.165, 1.54) is 0 Å². The van der Waals surface area contributed by atoms with Crippen molar-refractivity contribution in [3.63, 3.8) is 0 Å². The molecule has 0 aromatic rings. The number of nitrogens with one attached hydrogen (secondary N) is 1.